The van der Waals surface area contributed by atoms with Gasteiger partial charge in [-0.3, -0.25) is 4.79 Å². The van der Waals surface area contributed by atoms with Crippen LogP contribution in [0.5, 0.6) is 0 Å². The molecule has 1 unspecified atom stereocenters. The van der Waals surface area contributed by atoms with Crippen molar-refractivity contribution in [2.45, 2.75) is 18.9 Å². The van der Waals surface area contributed by atoms with E-state index in [1.807, 2.05) is 24.4 Å². The van der Waals surface area contributed by atoms with Crippen molar-refractivity contribution >= 4 is 26.6 Å². The van der Waals surface area contributed by atoms with Crippen LogP contribution in [0.4, 0.5) is 0 Å². The molecule has 0 aliphatic carbocycles. The van der Waals surface area contributed by atoms with Crippen molar-refractivity contribution in [3.63, 3.8) is 0 Å². The molecule has 2 heterocycles. The van der Waals surface area contributed by atoms with E-state index < -0.39 is 9.84 Å². The zero-order chi connectivity index (χ0) is 16.3. The lowest BCUT2D eigenvalue weighted by Crippen LogP contribution is -2.40. The van der Waals surface area contributed by atoms with Crippen LogP contribution >= 0.6 is 0 Å². The van der Waals surface area contributed by atoms with E-state index in [1.54, 1.807) is 0 Å². The fourth-order valence-corrected chi connectivity index (χ4v) is 4.64. The SMILES string of the molecule is O=C(CNC1CCS(=O)(=O)C1)NCCc1c[nH]c2ccccc12. The summed E-state index contributed by atoms with van der Waals surface area (Å²) in [5.74, 6) is 0.247. The highest BCUT2D eigenvalue weighted by molar-refractivity contribution is 7.91. The molecule has 1 aromatic carbocycles. The van der Waals surface area contributed by atoms with E-state index >= 15 is 0 Å². The summed E-state index contributed by atoms with van der Waals surface area (Å²) < 4.78 is 22.7. The van der Waals surface area contributed by atoms with Gasteiger partial charge in [0.25, 0.3) is 0 Å². The topological polar surface area (TPSA) is 91.1 Å². The summed E-state index contributed by atoms with van der Waals surface area (Å²) in [4.78, 5) is 15.0. The summed E-state index contributed by atoms with van der Waals surface area (Å²) >= 11 is 0. The predicted octanol–water partition coefficient (Wildman–Crippen LogP) is 0.603. The quantitative estimate of drug-likeness (QED) is 0.721. The number of H-pyrrole nitrogens is 1. The second-order valence-corrected chi connectivity index (χ2v) is 8.17. The summed E-state index contributed by atoms with van der Waals surface area (Å²) in [5.41, 5.74) is 2.27. The molecule has 1 aromatic heterocycles. The highest BCUT2D eigenvalue weighted by Gasteiger charge is 2.27. The number of benzene rings is 1. The minimum atomic E-state index is -2.91. The zero-order valence-electron chi connectivity index (χ0n) is 12.8. The summed E-state index contributed by atoms with van der Waals surface area (Å²) in [6.07, 6.45) is 3.32. The number of carbonyl (C=O) groups excluding carboxylic acids is 1. The van der Waals surface area contributed by atoms with Crippen LogP contribution in [-0.4, -0.2) is 49.9 Å². The van der Waals surface area contributed by atoms with Gasteiger partial charge in [-0.2, -0.15) is 0 Å². The minimum Gasteiger partial charge on any atom is -0.361 e. The summed E-state index contributed by atoms with van der Waals surface area (Å²) in [5, 5.41) is 7.06. The van der Waals surface area contributed by atoms with Crippen molar-refractivity contribution in [1.29, 1.82) is 0 Å². The first kappa shape index (κ1) is 16.0. The number of amides is 1. The fourth-order valence-electron chi connectivity index (χ4n) is 2.93. The van der Waals surface area contributed by atoms with E-state index in [9.17, 15) is 13.2 Å². The third kappa shape index (κ3) is 4.11. The highest BCUT2D eigenvalue weighted by Crippen LogP contribution is 2.17. The molecule has 1 aliphatic heterocycles. The number of hydrogen-bond donors (Lipinski definition) is 3. The molecule has 23 heavy (non-hydrogen) atoms. The second-order valence-electron chi connectivity index (χ2n) is 5.94. The maximum Gasteiger partial charge on any atom is 0.233 e. The Morgan fingerprint density at radius 1 is 1.30 bits per heavy atom. The average molecular weight is 335 g/mol. The Morgan fingerprint density at radius 2 is 2.13 bits per heavy atom. The second kappa shape index (κ2) is 6.72. The van der Waals surface area contributed by atoms with Crippen molar-refractivity contribution in [2.24, 2.45) is 0 Å². The van der Waals surface area contributed by atoms with Crippen LogP contribution in [0.15, 0.2) is 30.5 Å². The Hall–Kier alpha value is -1.86. The molecule has 1 aliphatic rings. The molecule has 1 saturated heterocycles. The Labute approximate surface area is 135 Å². The predicted molar refractivity (Wildman–Crippen MR) is 90.1 cm³/mol. The van der Waals surface area contributed by atoms with Gasteiger partial charge in [0.05, 0.1) is 18.1 Å². The molecule has 3 rings (SSSR count). The lowest BCUT2D eigenvalue weighted by Gasteiger charge is -2.10. The zero-order valence-corrected chi connectivity index (χ0v) is 13.7. The number of aromatic nitrogens is 1. The van der Waals surface area contributed by atoms with E-state index in [1.165, 1.54) is 10.9 Å². The molecule has 1 fully saturated rings. The summed E-state index contributed by atoms with van der Waals surface area (Å²) in [7, 11) is -2.91. The molecule has 0 spiro atoms. The standard InChI is InChI=1S/C16H21N3O3S/c20-16(10-18-13-6-8-23(21,22)11-13)17-7-5-12-9-19-15-4-2-1-3-14(12)15/h1-4,9,13,18-19H,5-8,10-11H2,(H,17,20). The molecule has 2 aromatic rings. The van der Waals surface area contributed by atoms with Crippen molar-refractivity contribution < 1.29 is 13.2 Å². The lowest BCUT2D eigenvalue weighted by atomic mass is 10.1. The van der Waals surface area contributed by atoms with Gasteiger partial charge >= 0.3 is 0 Å². The Bertz CT molecular complexity index is 798. The number of hydrogen-bond acceptors (Lipinski definition) is 4. The molecule has 6 nitrogen and oxygen atoms in total. The Balaban J connectivity index is 1.41. The summed E-state index contributed by atoms with van der Waals surface area (Å²) in [6, 6.07) is 7.97. The molecule has 0 bridgehead atoms. The van der Waals surface area contributed by atoms with Gasteiger partial charge in [-0.15, -0.1) is 0 Å². The van der Waals surface area contributed by atoms with E-state index in [0.29, 0.717) is 13.0 Å². The van der Waals surface area contributed by atoms with Crippen LogP contribution in [0, 0.1) is 0 Å². The van der Waals surface area contributed by atoms with Gasteiger partial charge in [0.2, 0.25) is 5.91 Å². The van der Waals surface area contributed by atoms with Gasteiger partial charge in [-0.25, -0.2) is 8.42 Å². The average Bonchev–Trinajstić information content (AvgIpc) is 3.09. The third-order valence-corrected chi connectivity index (χ3v) is 5.94. The van der Waals surface area contributed by atoms with Gasteiger partial charge in [0.1, 0.15) is 0 Å². The number of aromatic amines is 1. The largest absolute Gasteiger partial charge is 0.361 e. The fraction of sp³-hybridized carbons (Fsp3) is 0.438. The van der Waals surface area contributed by atoms with Gasteiger partial charge in [0, 0.05) is 29.7 Å². The normalized spacial score (nSPS) is 19.9. The number of rotatable bonds is 6. The molecular weight excluding hydrogens is 314 g/mol. The third-order valence-electron chi connectivity index (χ3n) is 4.18. The van der Waals surface area contributed by atoms with Gasteiger partial charge in [-0.1, -0.05) is 18.2 Å². The van der Waals surface area contributed by atoms with Gasteiger partial charge in [0.15, 0.2) is 9.84 Å². The van der Waals surface area contributed by atoms with Crippen LogP contribution in [0.2, 0.25) is 0 Å². The van der Waals surface area contributed by atoms with Gasteiger partial charge in [-0.05, 0) is 24.5 Å². The molecule has 7 heteroatoms. The smallest absolute Gasteiger partial charge is 0.233 e. The monoisotopic (exact) mass is 335 g/mol. The molecule has 0 saturated carbocycles. The molecule has 1 atom stereocenters. The molecule has 124 valence electrons. The molecule has 0 radical (unpaired) electrons. The summed E-state index contributed by atoms with van der Waals surface area (Å²) in [6.45, 7) is 0.722. The van der Waals surface area contributed by atoms with Crippen LogP contribution in [-0.2, 0) is 21.1 Å². The first-order chi connectivity index (χ1) is 11.0. The Kier molecular flexibility index (Phi) is 4.68. The van der Waals surface area contributed by atoms with E-state index in [-0.39, 0.29) is 30.0 Å². The highest BCUT2D eigenvalue weighted by atomic mass is 32.2. The lowest BCUT2D eigenvalue weighted by molar-refractivity contribution is -0.120. The van der Waals surface area contributed by atoms with Crippen molar-refractivity contribution in [2.75, 3.05) is 24.6 Å². The van der Waals surface area contributed by atoms with Crippen LogP contribution in [0.25, 0.3) is 10.9 Å². The van der Waals surface area contributed by atoms with Crippen LogP contribution < -0.4 is 10.6 Å². The number of nitrogens with one attached hydrogen (secondary N) is 3. The van der Waals surface area contributed by atoms with Crippen molar-refractivity contribution in [3.8, 4) is 0 Å². The van der Waals surface area contributed by atoms with Crippen LogP contribution in [0.3, 0.4) is 0 Å². The number of fused-ring (bicyclic) bond motifs is 1. The first-order valence-electron chi connectivity index (χ1n) is 7.79. The minimum absolute atomic E-state index is 0.0978. The van der Waals surface area contributed by atoms with Crippen molar-refractivity contribution in [3.05, 3.63) is 36.0 Å². The molecule has 1 amide bonds. The number of sulfone groups is 1. The number of carbonyl (C=O) groups is 1. The Morgan fingerprint density at radius 3 is 2.91 bits per heavy atom. The van der Waals surface area contributed by atoms with E-state index in [4.69, 9.17) is 0 Å². The molecule has 3 N–H and O–H groups in total. The van der Waals surface area contributed by atoms with E-state index in [0.717, 1.165) is 11.9 Å². The van der Waals surface area contributed by atoms with Crippen LogP contribution in [0.1, 0.15) is 12.0 Å². The number of para-hydroxylation sites is 1. The van der Waals surface area contributed by atoms with E-state index in [2.05, 4.69) is 21.7 Å². The molecular formula is C16H21N3O3S. The maximum absolute atomic E-state index is 11.8. The first-order valence-corrected chi connectivity index (χ1v) is 9.61. The van der Waals surface area contributed by atoms with Crippen molar-refractivity contribution in [1.82, 2.24) is 15.6 Å². The maximum atomic E-state index is 11.8. The van der Waals surface area contributed by atoms with Gasteiger partial charge < -0.3 is 15.6 Å².